The number of carbonyl (C=O) groups is 1. The Hall–Kier alpha value is -2.73. The van der Waals surface area contributed by atoms with Crippen LogP contribution in [0.25, 0.3) is 0 Å². The van der Waals surface area contributed by atoms with Gasteiger partial charge >= 0.3 is 0 Å². The van der Waals surface area contributed by atoms with Crippen molar-refractivity contribution in [1.29, 1.82) is 0 Å². The van der Waals surface area contributed by atoms with Crippen molar-refractivity contribution < 1.29 is 9.72 Å². The van der Waals surface area contributed by atoms with Crippen molar-refractivity contribution >= 4 is 17.3 Å². The Labute approximate surface area is 153 Å². The summed E-state index contributed by atoms with van der Waals surface area (Å²) in [5.41, 5.74) is 3.41. The van der Waals surface area contributed by atoms with Crippen molar-refractivity contribution in [3.8, 4) is 0 Å². The molecule has 0 saturated heterocycles. The molecule has 0 fully saturated rings. The van der Waals surface area contributed by atoms with Crippen LogP contribution in [0, 0.1) is 10.1 Å². The molecule has 0 aliphatic carbocycles. The molecule has 0 radical (unpaired) electrons. The highest BCUT2D eigenvalue weighted by atomic mass is 16.6. The molecule has 6 nitrogen and oxygen atoms in total. The molecule has 1 aliphatic heterocycles. The summed E-state index contributed by atoms with van der Waals surface area (Å²) < 4.78 is 0. The molecule has 1 amide bonds. The molecular weight excluding hydrogens is 330 g/mol. The number of anilines is 1. The maximum atomic E-state index is 12.9. The van der Waals surface area contributed by atoms with Crippen LogP contribution >= 0.6 is 0 Å². The normalized spacial score (nSPS) is 13.1. The van der Waals surface area contributed by atoms with Gasteiger partial charge in [0, 0.05) is 30.8 Å². The molecule has 6 heteroatoms. The predicted octanol–water partition coefficient (Wildman–Crippen LogP) is 3.64. The molecule has 136 valence electrons. The topological polar surface area (TPSA) is 66.7 Å². The van der Waals surface area contributed by atoms with Gasteiger partial charge in [0.25, 0.3) is 11.6 Å². The first kappa shape index (κ1) is 18.1. The third-order valence-electron chi connectivity index (χ3n) is 4.92. The van der Waals surface area contributed by atoms with Crippen LogP contribution in [0.3, 0.4) is 0 Å². The Morgan fingerprint density at radius 3 is 2.46 bits per heavy atom. The molecule has 0 N–H and O–H groups in total. The van der Waals surface area contributed by atoms with Crippen LogP contribution in [0.2, 0.25) is 0 Å². The van der Waals surface area contributed by atoms with Gasteiger partial charge in [-0.1, -0.05) is 32.0 Å². The number of nitro benzene ring substituents is 1. The van der Waals surface area contributed by atoms with E-state index in [1.54, 1.807) is 11.0 Å². The quantitative estimate of drug-likeness (QED) is 0.587. The lowest BCUT2D eigenvalue weighted by Gasteiger charge is -2.19. The van der Waals surface area contributed by atoms with Gasteiger partial charge in [-0.05, 0) is 42.8 Å². The Kier molecular flexibility index (Phi) is 5.32. The molecule has 0 spiro atoms. The van der Waals surface area contributed by atoms with Gasteiger partial charge in [0.1, 0.15) is 0 Å². The minimum atomic E-state index is -0.427. The van der Waals surface area contributed by atoms with Crippen LogP contribution in [0.1, 0.15) is 35.3 Å². The van der Waals surface area contributed by atoms with Gasteiger partial charge in [-0.25, -0.2) is 0 Å². The van der Waals surface area contributed by atoms with Crippen LogP contribution in [0.15, 0.2) is 42.5 Å². The summed E-state index contributed by atoms with van der Waals surface area (Å²) in [7, 11) is 0. The van der Waals surface area contributed by atoms with E-state index >= 15 is 0 Å². The number of nitro groups is 1. The first-order valence-electron chi connectivity index (χ1n) is 8.94. The molecule has 26 heavy (non-hydrogen) atoms. The van der Waals surface area contributed by atoms with E-state index in [2.05, 4.69) is 18.7 Å². The third kappa shape index (κ3) is 3.60. The van der Waals surface area contributed by atoms with E-state index in [-0.39, 0.29) is 11.6 Å². The second-order valence-electron chi connectivity index (χ2n) is 6.44. The maximum absolute atomic E-state index is 12.9. The standard InChI is InChI=1S/C20H23N3O3/c1-3-21(4-2)14-15-5-7-17(8-6-15)20(24)22-12-11-16-9-10-18(23(25)26)13-19(16)22/h5-10,13H,3-4,11-12,14H2,1-2H3. The van der Waals surface area contributed by atoms with Gasteiger partial charge in [-0.2, -0.15) is 0 Å². The summed E-state index contributed by atoms with van der Waals surface area (Å²) in [5.74, 6) is -0.112. The smallest absolute Gasteiger partial charge is 0.271 e. The van der Waals surface area contributed by atoms with E-state index in [0.717, 1.165) is 31.6 Å². The Balaban J connectivity index is 1.79. The number of rotatable bonds is 6. The summed E-state index contributed by atoms with van der Waals surface area (Å²) in [6.45, 7) is 7.65. The first-order valence-corrected chi connectivity index (χ1v) is 8.94. The highest BCUT2D eigenvalue weighted by Crippen LogP contribution is 2.32. The zero-order valence-corrected chi connectivity index (χ0v) is 15.1. The number of carbonyl (C=O) groups excluding carboxylic acids is 1. The molecule has 0 saturated carbocycles. The number of benzene rings is 2. The van der Waals surface area contributed by atoms with Crippen LogP contribution in [-0.2, 0) is 13.0 Å². The SMILES string of the molecule is CCN(CC)Cc1ccc(C(=O)N2CCc3ccc([N+](=O)[O-])cc32)cc1. The Morgan fingerprint density at radius 2 is 1.85 bits per heavy atom. The van der Waals surface area contributed by atoms with E-state index in [0.29, 0.717) is 17.8 Å². The number of nitrogens with zero attached hydrogens (tertiary/aromatic N) is 3. The minimum Gasteiger partial charge on any atom is -0.308 e. The second kappa shape index (κ2) is 7.66. The zero-order valence-electron chi connectivity index (χ0n) is 15.1. The van der Waals surface area contributed by atoms with Crippen LogP contribution in [0.4, 0.5) is 11.4 Å². The number of hydrogen-bond donors (Lipinski definition) is 0. The Bertz CT molecular complexity index is 814. The molecule has 0 unspecified atom stereocenters. The lowest BCUT2D eigenvalue weighted by molar-refractivity contribution is -0.384. The minimum absolute atomic E-state index is 0.0121. The van der Waals surface area contributed by atoms with Gasteiger partial charge in [-0.15, -0.1) is 0 Å². The first-order chi connectivity index (χ1) is 12.5. The molecule has 2 aromatic rings. The van der Waals surface area contributed by atoms with Gasteiger partial charge in [-0.3, -0.25) is 19.8 Å². The van der Waals surface area contributed by atoms with Crippen molar-refractivity contribution in [1.82, 2.24) is 4.90 Å². The molecule has 0 atom stereocenters. The molecule has 0 aromatic heterocycles. The maximum Gasteiger partial charge on any atom is 0.271 e. The fourth-order valence-corrected chi connectivity index (χ4v) is 3.31. The number of non-ortho nitro benzene ring substituents is 1. The van der Waals surface area contributed by atoms with Crippen molar-refractivity contribution in [3.05, 3.63) is 69.3 Å². The summed E-state index contributed by atoms with van der Waals surface area (Å²) in [6, 6.07) is 12.4. The summed E-state index contributed by atoms with van der Waals surface area (Å²) in [4.78, 5) is 27.4. The van der Waals surface area contributed by atoms with E-state index in [4.69, 9.17) is 0 Å². The molecule has 0 bridgehead atoms. The lowest BCUT2D eigenvalue weighted by Crippen LogP contribution is -2.29. The average molecular weight is 353 g/mol. The fraction of sp³-hybridized carbons (Fsp3) is 0.350. The van der Waals surface area contributed by atoms with Crippen LogP contribution < -0.4 is 4.90 Å². The van der Waals surface area contributed by atoms with Gasteiger partial charge in [0.15, 0.2) is 0 Å². The monoisotopic (exact) mass is 353 g/mol. The third-order valence-corrected chi connectivity index (χ3v) is 4.92. The fourth-order valence-electron chi connectivity index (χ4n) is 3.31. The zero-order chi connectivity index (χ0) is 18.7. The predicted molar refractivity (Wildman–Crippen MR) is 102 cm³/mol. The van der Waals surface area contributed by atoms with Gasteiger partial charge < -0.3 is 4.90 Å². The molecule has 3 rings (SSSR count). The molecular formula is C20H23N3O3. The number of hydrogen-bond acceptors (Lipinski definition) is 4. The van der Waals surface area contributed by atoms with Crippen LogP contribution in [0.5, 0.6) is 0 Å². The highest BCUT2D eigenvalue weighted by molar-refractivity contribution is 6.07. The molecule has 2 aromatic carbocycles. The molecule has 1 heterocycles. The van der Waals surface area contributed by atoms with E-state index in [1.165, 1.54) is 17.7 Å². The van der Waals surface area contributed by atoms with Gasteiger partial charge in [0.2, 0.25) is 0 Å². The second-order valence-corrected chi connectivity index (χ2v) is 6.44. The average Bonchev–Trinajstić information content (AvgIpc) is 3.09. The van der Waals surface area contributed by atoms with Crippen molar-refractivity contribution in [2.24, 2.45) is 0 Å². The highest BCUT2D eigenvalue weighted by Gasteiger charge is 2.27. The molecule has 1 aliphatic rings. The van der Waals surface area contributed by atoms with E-state index in [1.807, 2.05) is 24.3 Å². The summed E-state index contributed by atoms with van der Waals surface area (Å²) in [6.07, 6.45) is 0.721. The Morgan fingerprint density at radius 1 is 1.15 bits per heavy atom. The lowest BCUT2D eigenvalue weighted by atomic mass is 10.1. The van der Waals surface area contributed by atoms with Crippen molar-refractivity contribution in [2.45, 2.75) is 26.8 Å². The van der Waals surface area contributed by atoms with E-state index in [9.17, 15) is 14.9 Å². The van der Waals surface area contributed by atoms with Crippen molar-refractivity contribution in [3.63, 3.8) is 0 Å². The number of amides is 1. The van der Waals surface area contributed by atoms with Crippen molar-refractivity contribution in [2.75, 3.05) is 24.5 Å². The van der Waals surface area contributed by atoms with Crippen LogP contribution in [-0.4, -0.2) is 35.4 Å². The summed E-state index contributed by atoms with van der Waals surface area (Å²) in [5, 5.41) is 11.0. The van der Waals surface area contributed by atoms with Gasteiger partial charge in [0.05, 0.1) is 10.6 Å². The number of fused-ring (bicyclic) bond motifs is 1. The van der Waals surface area contributed by atoms with E-state index < -0.39 is 4.92 Å². The largest absolute Gasteiger partial charge is 0.308 e. The summed E-state index contributed by atoms with van der Waals surface area (Å²) >= 11 is 0.